The molecule has 1 unspecified atom stereocenters. The maximum atomic E-state index is 14.6. The highest BCUT2D eigenvalue weighted by Gasteiger charge is 2.21. The summed E-state index contributed by atoms with van der Waals surface area (Å²) in [7, 11) is 0. The molecule has 9 nitrogen and oxygen atoms in total. The molecule has 3 rings (SSSR count). The summed E-state index contributed by atoms with van der Waals surface area (Å²) in [6.07, 6.45) is 6.36. The molecule has 0 radical (unpaired) electrons. The van der Waals surface area contributed by atoms with Gasteiger partial charge in [-0.3, -0.25) is 5.10 Å². The summed E-state index contributed by atoms with van der Waals surface area (Å²) in [5.74, 6) is 0.518. The number of urea groups is 1. The van der Waals surface area contributed by atoms with Gasteiger partial charge in [0, 0.05) is 51.3 Å². The Hall–Kier alpha value is -2.88. The largest absolute Gasteiger partial charge is 0.382 e. The number of aromatic amines is 2. The van der Waals surface area contributed by atoms with Gasteiger partial charge in [-0.2, -0.15) is 5.10 Å². The van der Waals surface area contributed by atoms with E-state index in [4.69, 9.17) is 4.74 Å². The summed E-state index contributed by atoms with van der Waals surface area (Å²) >= 11 is 0. The lowest BCUT2D eigenvalue weighted by Crippen LogP contribution is -2.38. The Morgan fingerprint density at radius 2 is 2.12 bits per heavy atom. The maximum Gasteiger partial charge on any atom is 0.321 e. The molecule has 0 bridgehead atoms. The fourth-order valence-electron chi connectivity index (χ4n) is 4.16. The lowest BCUT2D eigenvalue weighted by atomic mass is 10.1. The average molecular weight is 476 g/mol. The molecule has 2 aromatic rings. The summed E-state index contributed by atoms with van der Waals surface area (Å²) in [5, 5.41) is 10.1. The molecule has 10 heteroatoms. The second-order valence-electron chi connectivity index (χ2n) is 8.53. The molecule has 1 aliphatic heterocycles. The fraction of sp³-hybridized carbons (Fsp3) is 0.625. The monoisotopic (exact) mass is 475 g/mol. The summed E-state index contributed by atoms with van der Waals surface area (Å²) in [5.41, 5.74) is 3.12. The van der Waals surface area contributed by atoms with Crippen LogP contribution in [0.2, 0.25) is 0 Å². The van der Waals surface area contributed by atoms with E-state index < -0.39 is 6.17 Å². The van der Waals surface area contributed by atoms with Crippen molar-refractivity contribution in [3.63, 3.8) is 0 Å². The number of likely N-dealkylation sites (tertiary alicyclic amines) is 1. The minimum Gasteiger partial charge on any atom is -0.382 e. The Kier molecular flexibility index (Phi) is 9.50. The molecule has 1 atom stereocenters. The molecule has 3 N–H and O–H groups in total. The summed E-state index contributed by atoms with van der Waals surface area (Å²) in [6, 6.07) is -0.134. The first kappa shape index (κ1) is 25.7. The zero-order valence-corrected chi connectivity index (χ0v) is 20.8. The lowest BCUT2D eigenvalue weighted by molar-refractivity contribution is 0.135. The number of allylic oxidation sites excluding steroid dienone is 1. The van der Waals surface area contributed by atoms with E-state index >= 15 is 0 Å². The SMILES string of the molecule is CCOCCCN(CC)/C(=C/c1[nH]c(-c2n[nH]cc2NC(=O)N2CCCCC2)nc1C)C(C)F. The molecule has 0 aromatic carbocycles. The normalized spacial score (nSPS) is 15.4. The number of nitrogens with one attached hydrogen (secondary N) is 3. The number of carbonyl (C=O) groups is 1. The third-order valence-electron chi connectivity index (χ3n) is 6.04. The second-order valence-corrected chi connectivity index (χ2v) is 8.53. The number of nitrogens with zero attached hydrogens (tertiary/aromatic N) is 4. The van der Waals surface area contributed by atoms with Crippen LogP contribution >= 0.6 is 0 Å². The van der Waals surface area contributed by atoms with Crippen molar-refractivity contribution in [2.24, 2.45) is 0 Å². The van der Waals surface area contributed by atoms with Crippen LogP contribution in [0.1, 0.15) is 57.8 Å². The van der Waals surface area contributed by atoms with Gasteiger partial charge in [-0.15, -0.1) is 0 Å². The highest BCUT2D eigenvalue weighted by atomic mass is 19.1. The number of halogens is 1. The van der Waals surface area contributed by atoms with E-state index in [2.05, 4.69) is 25.5 Å². The van der Waals surface area contributed by atoms with Crippen LogP contribution in [0.25, 0.3) is 17.6 Å². The highest BCUT2D eigenvalue weighted by Crippen LogP contribution is 2.26. The van der Waals surface area contributed by atoms with Crippen LogP contribution in [0, 0.1) is 6.92 Å². The van der Waals surface area contributed by atoms with Crippen molar-refractivity contribution in [1.82, 2.24) is 30.0 Å². The van der Waals surface area contributed by atoms with Crippen LogP contribution in [0.5, 0.6) is 0 Å². The van der Waals surface area contributed by atoms with Gasteiger partial charge in [0.25, 0.3) is 0 Å². The first-order chi connectivity index (χ1) is 16.4. The summed E-state index contributed by atoms with van der Waals surface area (Å²) in [6.45, 7) is 11.7. The van der Waals surface area contributed by atoms with Gasteiger partial charge in [-0.25, -0.2) is 14.2 Å². The van der Waals surface area contributed by atoms with E-state index in [0.29, 0.717) is 54.9 Å². The standard InChI is InChI=1S/C24H38FN7O2/c1-5-31(13-10-14-34-6-2)21(17(3)25)15-19-18(4)27-23(28-19)22-20(16-26-30-22)29-24(33)32-11-8-7-9-12-32/h15-17H,5-14H2,1-4H3,(H,26,30)(H,27,28)(H,29,33)/b21-15+. The predicted molar refractivity (Wildman–Crippen MR) is 132 cm³/mol. The lowest BCUT2D eigenvalue weighted by Gasteiger charge is -2.27. The Balaban J connectivity index is 1.78. The van der Waals surface area contributed by atoms with E-state index in [1.165, 1.54) is 0 Å². The predicted octanol–water partition coefficient (Wildman–Crippen LogP) is 4.57. The number of aryl methyl sites for hydroxylation is 1. The Bertz CT molecular complexity index is 947. The van der Waals surface area contributed by atoms with Crippen molar-refractivity contribution < 1.29 is 13.9 Å². The molecule has 1 aliphatic rings. The van der Waals surface area contributed by atoms with Gasteiger partial charge in [0.2, 0.25) is 0 Å². The van der Waals surface area contributed by atoms with Crippen molar-refractivity contribution in [2.75, 3.05) is 44.7 Å². The maximum absolute atomic E-state index is 14.6. The molecule has 2 amide bonds. The quantitative estimate of drug-likeness (QED) is 0.413. The van der Waals surface area contributed by atoms with E-state index in [1.54, 1.807) is 13.1 Å². The van der Waals surface area contributed by atoms with Gasteiger partial charge in [0.15, 0.2) is 11.5 Å². The zero-order valence-electron chi connectivity index (χ0n) is 20.8. The number of hydrogen-bond donors (Lipinski definition) is 3. The number of carbonyl (C=O) groups excluding carboxylic acids is 1. The Labute approximate surface area is 201 Å². The summed E-state index contributed by atoms with van der Waals surface area (Å²) < 4.78 is 20.0. The second kappa shape index (κ2) is 12.5. The molecule has 34 heavy (non-hydrogen) atoms. The number of piperidine rings is 1. The molecule has 0 spiro atoms. The molecular formula is C24H38FN7O2. The van der Waals surface area contributed by atoms with Crippen molar-refractivity contribution in [3.8, 4) is 11.5 Å². The number of rotatable bonds is 11. The molecule has 1 saturated heterocycles. The Morgan fingerprint density at radius 3 is 2.79 bits per heavy atom. The minimum atomic E-state index is -1.14. The number of anilines is 1. The van der Waals surface area contributed by atoms with E-state index in [9.17, 15) is 9.18 Å². The van der Waals surface area contributed by atoms with Crippen LogP contribution in [-0.4, -0.2) is 81.6 Å². The van der Waals surface area contributed by atoms with Crippen molar-refractivity contribution in [1.29, 1.82) is 0 Å². The number of H-pyrrole nitrogens is 2. The first-order valence-corrected chi connectivity index (χ1v) is 12.3. The minimum absolute atomic E-state index is 0.134. The molecule has 0 saturated carbocycles. The number of amides is 2. The Morgan fingerprint density at radius 1 is 1.35 bits per heavy atom. The van der Waals surface area contributed by atoms with Crippen molar-refractivity contribution >= 4 is 17.8 Å². The van der Waals surface area contributed by atoms with Gasteiger partial charge in [0.05, 0.1) is 17.1 Å². The van der Waals surface area contributed by atoms with Gasteiger partial charge in [-0.05, 0) is 59.5 Å². The van der Waals surface area contributed by atoms with Crippen LogP contribution in [0.3, 0.4) is 0 Å². The van der Waals surface area contributed by atoms with Crippen LogP contribution in [0.4, 0.5) is 14.9 Å². The molecule has 2 aromatic heterocycles. The van der Waals surface area contributed by atoms with E-state index in [-0.39, 0.29) is 6.03 Å². The van der Waals surface area contributed by atoms with Gasteiger partial charge in [-0.1, -0.05) is 0 Å². The highest BCUT2D eigenvalue weighted by molar-refractivity contribution is 5.92. The number of imidazole rings is 1. The number of hydrogen-bond acceptors (Lipinski definition) is 5. The topological polar surface area (TPSA) is 102 Å². The van der Waals surface area contributed by atoms with Gasteiger partial charge >= 0.3 is 6.03 Å². The molecule has 3 heterocycles. The third-order valence-corrected chi connectivity index (χ3v) is 6.04. The number of aromatic nitrogens is 4. The van der Waals surface area contributed by atoms with Crippen LogP contribution < -0.4 is 5.32 Å². The van der Waals surface area contributed by atoms with E-state index in [1.807, 2.05) is 36.6 Å². The van der Waals surface area contributed by atoms with Gasteiger partial charge in [0.1, 0.15) is 6.17 Å². The van der Waals surface area contributed by atoms with Crippen molar-refractivity contribution in [3.05, 3.63) is 23.3 Å². The molecule has 188 valence electrons. The molecule has 1 fully saturated rings. The number of alkyl halides is 1. The molecular weight excluding hydrogens is 437 g/mol. The van der Waals surface area contributed by atoms with Crippen LogP contribution in [0.15, 0.2) is 11.9 Å². The smallest absolute Gasteiger partial charge is 0.321 e. The molecule has 0 aliphatic carbocycles. The zero-order chi connectivity index (χ0) is 24.5. The van der Waals surface area contributed by atoms with Gasteiger partial charge < -0.3 is 24.8 Å². The third kappa shape index (κ3) is 6.59. The average Bonchev–Trinajstić information content (AvgIpc) is 3.44. The van der Waals surface area contributed by atoms with E-state index in [0.717, 1.165) is 44.5 Å². The number of ether oxygens (including phenoxy) is 1. The first-order valence-electron chi connectivity index (χ1n) is 12.3. The van der Waals surface area contributed by atoms with Crippen LogP contribution in [-0.2, 0) is 4.74 Å². The fourth-order valence-corrected chi connectivity index (χ4v) is 4.16. The summed E-state index contributed by atoms with van der Waals surface area (Å²) in [4.78, 5) is 24.4. The van der Waals surface area contributed by atoms with Crippen molar-refractivity contribution in [2.45, 2.75) is 59.5 Å².